The van der Waals surface area contributed by atoms with Crippen molar-refractivity contribution in [3.63, 3.8) is 0 Å². The molecule has 54 valence electrons. The third-order valence-electron chi connectivity index (χ3n) is 1.08. The van der Waals surface area contributed by atoms with Crippen LogP contribution in [0.3, 0.4) is 0 Å². The lowest BCUT2D eigenvalue weighted by atomic mass is 10.4. The van der Waals surface area contributed by atoms with Crippen LogP contribution in [-0.4, -0.2) is 12.0 Å². The van der Waals surface area contributed by atoms with E-state index in [1.54, 1.807) is 0 Å². The average molecular weight is 144 g/mol. The Morgan fingerprint density at radius 1 is 1.50 bits per heavy atom. The van der Waals surface area contributed by atoms with Crippen molar-refractivity contribution < 1.29 is 8.78 Å². The standard InChI is InChI=1S/C6H6F2N2/c1-9-5-2-4(7)3-10-6(5)8/h2-3,9H,1H3. The molecule has 1 aromatic heterocycles. The minimum atomic E-state index is -0.691. The number of hydrogen-bond acceptors (Lipinski definition) is 2. The molecule has 1 rings (SSSR count). The molecule has 0 fully saturated rings. The molecule has 0 atom stereocenters. The molecule has 1 aromatic rings. The molecule has 2 nitrogen and oxygen atoms in total. The van der Waals surface area contributed by atoms with Crippen molar-refractivity contribution in [2.45, 2.75) is 0 Å². The van der Waals surface area contributed by atoms with Gasteiger partial charge in [0.05, 0.1) is 11.9 Å². The molecule has 4 heteroatoms. The number of nitrogens with zero attached hydrogens (tertiary/aromatic N) is 1. The van der Waals surface area contributed by atoms with Crippen LogP contribution >= 0.6 is 0 Å². The highest BCUT2D eigenvalue weighted by atomic mass is 19.1. The van der Waals surface area contributed by atoms with Crippen molar-refractivity contribution in [3.8, 4) is 0 Å². The Morgan fingerprint density at radius 2 is 2.20 bits per heavy atom. The lowest BCUT2D eigenvalue weighted by Gasteiger charge is -1.98. The molecular weight excluding hydrogens is 138 g/mol. The first kappa shape index (κ1) is 6.92. The van der Waals surface area contributed by atoms with E-state index < -0.39 is 11.8 Å². The van der Waals surface area contributed by atoms with Crippen LogP contribution in [0.1, 0.15) is 0 Å². The van der Waals surface area contributed by atoms with Gasteiger partial charge in [0.1, 0.15) is 5.82 Å². The first-order chi connectivity index (χ1) is 4.74. The zero-order valence-corrected chi connectivity index (χ0v) is 5.36. The SMILES string of the molecule is CNc1cc(F)cnc1F. The molecule has 0 bridgehead atoms. The van der Waals surface area contributed by atoms with Gasteiger partial charge in [0.15, 0.2) is 0 Å². The molecule has 0 aromatic carbocycles. The van der Waals surface area contributed by atoms with E-state index in [-0.39, 0.29) is 5.69 Å². The zero-order chi connectivity index (χ0) is 7.56. The van der Waals surface area contributed by atoms with E-state index in [1.807, 2.05) is 0 Å². The summed E-state index contributed by atoms with van der Waals surface area (Å²) in [5.74, 6) is -1.24. The molecule has 0 unspecified atom stereocenters. The van der Waals surface area contributed by atoms with E-state index in [1.165, 1.54) is 7.05 Å². The third-order valence-corrected chi connectivity index (χ3v) is 1.08. The number of pyridine rings is 1. The van der Waals surface area contributed by atoms with Gasteiger partial charge in [-0.25, -0.2) is 9.37 Å². The molecule has 0 aliphatic heterocycles. The highest BCUT2D eigenvalue weighted by Crippen LogP contribution is 2.10. The lowest BCUT2D eigenvalue weighted by molar-refractivity contribution is 0.564. The Kier molecular flexibility index (Phi) is 1.80. The maximum atomic E-state index is 12.4. The van der Waals surface area contributed by atoms with Crippen LogP contribution < -0.4 is 5.32 Å². The predicted octanol–water partition coefficient (Wildman–Crippen LogP) is 1.40. The molecule has 0 saturated carbocycles. The number of nitrogens with one attached hydrogen (secondary N) is 1. The molecule has 1 N–H and O–H groups in total. The summed E-state index contributed by atoms with van der Waals surface area (Å²) in [5, 5.41) is 2.46. The summed E-state index contributed by atoms with van der Waals surface area (Å²) in [5.41, 5.74) is 0.0694. The van der Waals surface area contributed by atoms with E-state index in [9.17, 15) is 8.78 Å². The molecule has 0 spiro atoms. The normalized spacial score (nSPS) is 9.50. The number of halogens is 2. The van der Waals surface area contributed by atoms with Crippen LogP contribution in [-0.2, 0) is 0 Å². The monoisotopic (exact) mass is 144 g/mol. The number of anilines is 1. The van der Waals surface area contributed by atoms with Gasteiger partial charge >= 0.3 is 0 Å². The number of aromatic nitrogens is 1. The average Bonchev–Trinajstić information content (AvgIpc) is 1.94. The Labute approximate surface area is 56.9 Å². The maximum Gasteiger partial charge on any atom is 0.236 e. The fourth-order valence-corrected chi connectivity index (χ4v) is 0.598. The van der Waals surface area contributed by atoms with Crippen LogP contribution in [0.2, 0.25) is 0 Å². The van der Waals surface area contributed by atoms with Gasteiger partial charge in [-0.3, -0.25) is 0 Å². The summed E-state index contributed by atoms with van der Waals surface area (Å²) in [6.07, 6.45) is 0.830. The van der Waals surface area contributed by atoms with Gasteiger partial charge in [-0.2, -0.15) is 4.39 Å². The van der Waals surface area contributed by atoms with Gasteiger partial charge in [-0.05, 0) is 0 Å². The van der Waals surface area contributed by atoms with Crippen LogP contribution in [0.4, 0.5) is 14.5 Å². The maximum absolute atomic E-state index is 12.4. The van der Waals surface area contributed by atoms with Crippen molar-refractivity contribution in [2.75, 3.05) is 12.4 Å². The molecular formula is C6H6F2N2. The Morgan fingerprint density at radius 3 is 2.70 bits per heavy atom. The molecule has 0 saturated heterocycles. The van der Waals surface area contributed by atoms with Crippen molar-refractivity contribution in [1.29, 1.82) is 0 Å². The van der Waals surface area contributed by atoms with Crippen molar-refractivity contribution in [2.24, 2.45) is 0 Å². The van der Waals surface area contributed by atoms with Crippen molar-refractivity contribution in [3.05, 3.63) is 24.0 Å². The molecule has 0 aliphatic rings. The minimum absolute atomic E-state index is 0.0694. The van der Waals surface area contributed by atoms with Gasteiger partial charge < -0.3 is 5.32 Å². The van der Waals surface area contributed by atoms with E-state index in [0.29, 0.717) is 0 Å². The topological polar surface area (TPSA) is 24.9 Å². The second-order valence-electron chi connectivity index (χ2n) is 1.74. The van der Waals surface area contributed by atoms with Crippen LogP contribution in [0.5, 0.6) is 0 Å². The fourth-order valence-electron chi connectivity index (χ4n) is 0.598. The van der Waals surface area contributed by atoms with Crippen molar-refractivity contribution >= 4 is 5.69 Å². The molecule has 0 aliphatic carbocycles. The third kappa shape index (κ3) is 1.21. The quantitative estimate of drug-likeness (QED) is 0.602. The first-order valence-electron chi connectivity index (χ1n) is 2.73. The number of rotatable bonds is 1. The summed E-state index contributed by atoms with van der Waals surface area (Å²) in [4.78, 5) is 3.15. The van der Waals surface area contributed by atoms with Crippen LogP contribution in [0.25, 0.3) is 0 Å². The van der Waals surface area contributed by atoms with Gasteiger partial charge in [0.2, 0.25) is 5.95 Å². The Bertz CT molecular complexity index is 237. The minimum Gasteiger partial charge on any atom is -0.384 e. The molecule has 0 amide bonds. The summed E-state index contributed by atoms with van der Waals surface area (Å²) in [6, 6.07) is 1.04. The summed E-state index contributed by atoms with van der Waals surface area (Å²) < 4.78 is 24.7. The fraction of sp³-hybridized carbons (Fsp3) is 0.167. The van der Waals surface area contributed by atoms with Crippen LogP contribution in [0.15, 0.2) is 12.3 Å². The van der Waals surface area contributed by atoms with E-state index in [2.05, 4.69) is 10.3 Å². The Hall–Kier alpha value is -1.19. The van der Waals surface area contributed by atoms with E-state index in [0.717, 1.165) is 12.3 Å². The van der Waals surface area contributed by atoms with Crippen LogP contribution in [0, 0.1) is 11.8 Å². The highest BCUT2D eigenvalue weighted by Gasteiger charge is 2.00. The largest absolute Gasteiger partial charge is 0.384 e. The van der Waals surface area contributed by atoms with E-state index in [4.69, 9.17) is 0 Å². The summed E-state index contributed by atoms with van der Waals surface area (Å²) in [7, 11) is 1.50. The predicted molar refractivity (Wildman–Crippen MR) is 33.7 cm³/mol. The van der Waals surface area contributed by atoms with Gasteiger partial charge in [-0.1, -0.05) is 0 Å². The second kappa shape index (κ2) is 2.60. The summed E-state index contributed by atoms with van der Waals surface area (Å²) >= 11 is 0. The Balaban J connectivity index is 3.09. The first-order valence-corrected chi connectivity index (χ1v) is 2.73. The molecule has 1 heterocycles. The molecule has 10 heavy (non-hydrogen) atoms. The van der Waals surface area contributed by atoms with Gasteiger partial charge in [-0.15, -0.1) is 0 Å². The number of hydrogen-bond donors (Lipinski definition) is 1. The lowest BCUT2D eigenvalue weighted by Crippen LogP contribution is -1.95. The summed E-state index contributed by atoms with van der Waals surface area (Å²) in [6.45, 7) is 0. The molecule has 0 radical (unpaired) electrons. The van der Waals surface area contributed by atoms with Gasteiger partial charge in [0.25, 0.3) is 0 Å². The zero-order valence-electron chi connectivity index (χ0n) is 5.36. The van der Waals surface area contributed by atoms with Gasteiger partial charge in [0, 0.05) is 13.1 Å². The van der Waals surface area contributed by atoms with E-state index >= 15 is 0 Å². The highest BCUT2D eigenvalue weighted by molar-refractivity contribution is 5.40. The second-order valence-corrected chi connectivity index (χ2v) is 1.74. The smallest absolute Gasteiger partial charge is 0.236 e. The van der Waals surface area contributed by atoms with Crippen molar-refractivity contribution in [1.82, 2.24) is 4.98 Å².